The number of hydrogen-bond acceptors (Lipinski definition) is 5. The van der Waals surface area contributed by atoms with E-state index in [1.165, 1.54) is 0 Å². The maximum atomic E-state index is 9.04. The van der Waals surface area contributed by atoms with Gasteiger partial charge in [0.1, 0.15) is 0 Å². The van der Waals surface area contributed by atoms with Gasteiger partial charge in [0.15, 0.2) is 0 Å². The van der Waals surface area contributed by atoms with Crippen molar-refractivity contribution < 1.29 is 14.6 Å². The molecule has 0 aliphatic carbocycles. The molecule has 0 aliphatic rings. The second kappa shape index (κ2) is 5.28. The average Bonchev–Trinajstić information content (AvgIpc) is 2.98. The van der Waals surface area contributed by atoms with Gasteiger partial charge in [-0.1, -0.05) is 47.6 Å². The largest absolute Gasteiger partial charge is 0.488 e. The van der Waals surface area contributed by atoms with Crippen LogP contribution in [-0.2, 0) is 0 Å². The molecule has 3 aromatic rings. The van der Waals surface area contributed by atoms with Crippen LogP contribution in [0.1, 0.15) is 0 Å². The summed E-state index contributed by atoms with van der Waals surface area (Å²) in [5.74, 6) is 0.912. The normalized spacial score (nSPS) is 10.5. The van der Waals surface area contributed by atoms with E-state index in [9.17, 15) is 0 Å². The molecule has 98 valence electrons. The van der Waals surface area contributed by atoms with E-state index in [-0.39, 0.29) is 0 Å². The molecular weight excluding hydrogens is 255 g/mol. The van der Waals surface area contributed by atoms with Crippen molar-refractivity contribution in [2.24, 2.45) is 0 Å². The lowest BCUT2D eigenvalue weighted by atomic mass is 9.80. The van der Waals surface area contributed by atoms with Gasteiger partial charge in [0.2, 0.25) is 5.82 Å². The zero-order chi connectivity index (χ0) is 13.9. The van der Waals surface area contributed by atoms with E-state index >= 15 is 0 Å². The van der Waals surface area contributed by atoms with Crippen molar-refractivity contribution in [1.82, 2.24) is 10.1 Å². The molecule has 2 aromatic carbocycles. The molecule has 0 fully saturated rings. The summed E-state index contributed by atoms with van der Waals surface area (Å²) >= 11 is 0. The van der Waals surface area contributed by atoms with Gasteiger partial charge in [-0.05, 0) is 17.6 Å². The summed E-state index contributed by atoms with van der Waals surface area (Å²) in [6.45, 7) is 0. The molecule has 20 heavy (non-hydrogen) atoms. The van der Waals surface area contributed by atoms with Gasteiger partial charge in [-0.3, -0.25) is 0 Å². The zero-order valence-electron chi connectivity index (χ0n) is 10.5. The first-order valence-corrected chi connectivity index (χ1v) is 6.09. The van der Waals surface area contributed by atoms with Crippen LogP contribution in [0.25, 0.3) is 22.8 Å². The minimum atomic E-state index is -1.48. The molecular formula is C14H11BN2O3. The molecule has 6 heteroatoms. The molecule has 0 unspecified atom stereocenters. The van der Waals surface area contributed by atoms with Gasteiger partial charge >= 0.3 is 7.12 Å². The number of benzene rings is 2. The van der Waals surface area contributed by atoms with E-state index in [2.05, 4.69) is 10.1 Å². The third kappa shape index (κ3) is 2.47. The quantitative estimate of drug-likeness (QED) is 0.693. The predicted octanol–water partition coefficient (Wildman–Crippen LogP) is 1.08. The van der Waals surface area contributed by atoms with E-state index in [1.807, 2.05) is 30.3 Å². The maximum absolute atomic E-state index is 9.04. The van der Waals surface area contributed by atoms with E-state index in [0.29, 0.717) is 17.2 Å². The molecule has 0 aliphatic heterocycles. The van der Waals surface area contributed by atoms with Crippen LogP contribution in [0.4, 0.5) is 0 Å². The van der Waals surface area contributed by atoms with Crippen molar-refractivity contribution in [3.8, 4) is 22.8 Å². The molecule has 2 N–H and O–H groups in total. The van der Waals surface area contributed by atoms with E-state index in [1.54, 1.807) is 24.3 Å². The van der Waals surface area contributed by atoms with Crippen LogP contribution in [0, 0.1) is 0 Å². The Morgan fingerprint density at radius 3 is 2.20 bits per heavy atom. The molecule has 5 nitrogen and oxygen atoms in total. The van der Waals surface area contributed by atoms with Crippen molar-refractivity contribution >= 4 is 12.6 Å². The Labute approximate surface area is 115 Å². The molecule has 0 saturated heterocycles. The van der Waals surface area contributed by atoms with Gasteiger partial charge in [-0.25, -0.2) is 0 Å². The fourth-order valence-corrected chi connectivity index (χ4v) is 1.84. The molecule has 0 amide bonds. The highest BCUT2D eigenvalue weighted by Gasteiger charge is 2.13. The Bertz CT molecular complexity index is 696. The summed E-state index contributed by atoms with van der Waals surface area (Å²) in [7, 11) is -1.48. The molecule has 0 radical (unpaired) electrons. The highest BCUT2D eigenvalue weighted by molar-refractivity contribution is 6.58. The smallest absolute Gasteiger partial charge is 0.423 e. The van der Waals surface area contributed by atoms with Crippen LogP contribution in [0.3, 0.4) is 0 Å². The third-order valence-corrected chi connectivity index (χ3v) is 2.91. The lowest BCUT2D eigenvalue weighted by molar-refractivity contribution is 0.426. The van der Waals surface area contributed by atoms with Gasteiger partial charge in [0.05, 0.1) is 0 Å². The third-order valence-electron chi connectivity index (χ3n) is 2.91. The number of rotatable bonds is 3. The summed E-state index contributed by atoms with van der Waals surface area (Å²) < 4.78 is 5.22. The fourth-order valence-electron chi connectivity index (χ4n) is 1.84. The van der Waals surface area contributed by atoms with Crippen LogP contribution in [0.15, 0.2) is 59.1 Å². The number of aromatic nitrogens is 2. The first-order chi connectivity index (χ1) is 9.74. The molecule has 0 bridgehead atoms. The molecule has 3 rings (SSSR count). The van der Waals surface area contributed by atoms with Gasteiger partial charge in [-0.15, -0.1) is 0 Å². The maximum Gasteiger partial charge on any atom is 0.488 e. The molecule has 0 spiro atoms. The molecule has 0 atom stereocenters. The van der Waals surface area contributed by atoms with E-state index in [0.717, 1.165) is 11.1 Å². The Balaban J connectivity index is 1.90. The zero-order valence-corrected chi connectivity index (χ0v) is 10.5. The Morgan fingerprint density at radius 2 is 1.55 bits per heavy atom. The first-order valence-electron chi connectivity index (χ1n) is 6.09. The van der Waals surface area contributed by atoms with Crippen LogP contribution in [0.2, 0.25) is 0 Å². The van der Waals surface area contributed by atoms with Crippen molar-refractivity contribution in [3.05, 3.63) is 54.6 Å². The van der Waals surface area contributed by atoms with Gasteiger partial charge in [0, 0.05) is 11.1 Å². The summed E-state index contributed by atoms with van der Waals surface area (Å²) in [6.07, 6.45) is 0. The van der Waals surface area contributed by atoms with Crippen molar-refractivity contribution in [1.29, 1.82) is 0 Å². The highest BCUT2D eigenvalue weighted by atomic mass is 16.5. The monoisotopic (exact) mass is 266 g/mol. The second-order valence-corrected chi connectivity index (χ2v) is 4.28. The Morgan fingerprint density at radius 1 is 0.850 bits per heavy atom. The summed E-state index contributed by atoms with van der Waals surface area (Å²) in [6, 6.07) is 16.2. The van der Waals surface area contributed by atoms with Gasteiger partial charge < -0.3 is 14.6 Å². The van der Waals surface area contributed by atoms with Gasteiger partial charge in [0.25, 0.3) is 5.89 Å². The number of nitrogens with zero attached hydrogens (tertiary/aromatic N) is 2. The molecule has 1 aromatic heterocycles. The topological polar surface area (TPSA) is 79.4 Å². The second-order valence-electron chi connectivity index (χ2n) is 4.28. The van der Waals surface area contributed by atoms with Crippen LogP contribution in [-0.4, -0.2) is 27.3 Å². The van der Waals surface area contributed by atoms with Crippen LogP contribution in [0.5, 0.6) is 0 Å². The minimum Gasteiger partial charge on any atom is -0.423 e. The summed E-state index contributed by atoms with van der Waals surface area (Å²) in [5, 5.41) is 22.0. The SMILES string of the molecule is OB(O)c1ccc(-c2noc(-c3ccccc3)n2)cc1. The van der Waals surface area contributed by atoms with Gasteiger partial charge in [-0.2, -0.15) is 4.98 Å². The Hall–Kier alpha value is -2.44. The average molecular weight is 266 g/mol. The van der Waals surface area contributed by atoms with Crippen LogP contribution >= 0.6 is 0 Å². The lowest BCUT2D eigenvalue weighted by Gasteiger charge is -1.99. The predicted molar refractivity (Wildman–Crippen MR) is 75.0 cm³/mol. The molecule has 1 heterocycles. The van der Waals surface area contributed by atoms with E-state index in [4.69, 9.17) is 14.6 Å². The standard InChI is InChI=1S/C14H11BN2O3/c18-15(19)12-8-6-10(7-9-12)13-16-14(20-17-13)11-4-2-1-3-5-11/h1-9,18-19H. The lowest BCUT2D eigenvalue weighted by Crippen LogP contribution is -2.29. The van der Waals surface area contributed by atoms with Crippen molar-refractivity contribution in [3.63, 3.8) is 0 Å². The van der Waals surface area contributed by atoms with Crippen LogP contribution < -0.4 is 5.46 Å². The first kappa shape index (κ1) is 12.6. The van der Waals surface area contributed by atoms with Crippen molar-refractivity contribution in [2.45, 2.75) is 0 Å². The number of hydrogen-bond donors (Lipinski definition) is 2. The molecule has 0 saturated carbocycles. The summed E-state index contributed by atoms with van der Waals surface area (Å²) in [5.41, 5.74) is 2.02. The highest BCUT2D eigenvalue weighted by Crippen LogP contribution is 2.21. The minimum absolute atomic E-state index is 0.417. The summed E-state index contributed by atoms with van der Waals surface area (Å²) in [4.78, 5) is 4.32. The van der Waals surface area contributed by atoms with E-state index < -0.39 is 7.12 Å². The Kier molecular flexibility index (Phi) is 3.33. The fraction of sp³-hybridized carbons (Fsp3) is 0. The van der Waals surface area contributed by atoms with Crippen molar-refractivity contribution in [2.75, 3.05) is 0 Å².